The van der Waals surface area contributed by atoms with E-state index in [0.717, 1.165) is 6.42 Å². The molecule has 0 saturated carbocycles. The summed E-state index contributed by atoms with van der Waals surface area (Å²) in [4.78, 5) is 37.8. The number of carbonyl (C=O) groups excluding carboxylic acids is 2. The van der Waals surface area contributed by atoms with Crippen LogP contribution >= 0.6 is 0 Å². The van der Waals surface area contributed by atoms with Crippen molar-refractivity contribution in [2.45, 2.75) is 19.4 Å². The van der Waals surface area contributed by atoms with Crippen LogP contribution in [0.2, 0.25) is 0 Å². The summed E-state index contributed by atoms with van der Waals surface area (Å²) in [7, 11) is 6.99. The molecule has 1 unspecified atom stereocenters. The van der Waals surface area contributed by atoms with Crippen molar-refractivity contribution in [1.29, 1.82) is 0 Å². The zero-order chi connectivity index (χ0) is 21.8. The Hall–Kier alpha value is -3.20. The molecule has 1 saturated heterocycles. The van der Waals surface area contributed by atoms with E-state index in [-0.39, 0.29) is 5.91 Å². The molecule has 9 heteroatoms. The average molecular weight is 413 g/mol. The summed E-state index contributed by atoms with van der Waals surface area (Å²) in [5.41, 5.74) is 1.06. The van der Waals surface area contributed by atoms with Gasteiger partial charge in [0.05, 0.1) is 25.5 Å². The second kappa shape index (κ2) is 9.08. The Morgan fingerprint density at radius 1 is 1.13 bits per heavy atom. The van der Waals surface area contributed by atoms with Gasteiger partial charge in [0, 0.05) is 37.1 Å². The summed E-state index contributed by atoms with van der Waals surface area (Å²) >= 11 is 0. The minimum absolute atomic E-state index is 0.116. The van der Waals surface area contributed by atoms with Gasteiger partial charge in [-0.1, -0.05) is 0 Å². The van der Waals surface area contributed by atoms with Crippen LogP contribution in [-0.4, -0.2) is 79.0 Å². The van der Waals surface area contributed by atoms with Crippen molar-refractivity contribution < 1.29 is 19.1 Å². The molecule has 1 aliphatic heterocycles. The molecule has 0 spiro atoms. The van der Waals surface area contributed by atoms with Gasteiger partial charge in [0.15, 0.2) is 11.5 Å². The number of ether oxygens (including phenoxy) is 2. The normalized spacial score (nSPS) is 15.9. The van der Waals surface area contributed by atoms with Gasteiger partial charge in [0.1, 0.15) is 5.82 Å². The van der Waals surface area contributed by atoms with Crippen LogP contribution in [0.5, 0.6) is 11.5 Å². The number of amides is 2. The Morgan fingerprint density at radius 2 is 1.83 bits per heavy atom. The van der Waals surface area contributed by atoms with Gasteiger partial charge in [-0.25, -0.2) is 9.97 Å². The second-order valence-corrected chi connectivity index (χ2v) is 7.39. The molecule has 2 heterocycles. The molecule has 1 fully saturated rings. The van der Waals surface area contributed by atoms with Crippen LogP contribution in [0.25, 0.3) is 0 Å². The van der Waals surface area contributed by atoms with E-state index in [2.05, 4.69) is 20.2 Å². The number of likely N-dealkylation sites (tertiary alicyclic amines) is 1. The van der Waals surface area contributed by atoms with E-state index in [0.29, 0.717) is 53.3 Å². The number of nitrogens with zero attached hydrogens (tertiary/aromatic N) is 4. The van der Waals surface area contributed by atoms with E-state index >= 15 is 0 Å². The highest BCUT2D eigenvalue weighted by Crippen LogP contribution is 2.37. The Morgan fingerprint density at radius 3 is 2.40 bits per heavy atom. The maximum Gasteiger partial charge on any atom is 0.258 e. The van der Waals surface area contributed by atoms with Crippen molar-refractivity contribution in [2.75, 3.05) is 46.7 Å². The Kier molecular flexibility index (Phi) is 6.51. The number of hydrogen-bond acceptors (Lipinski definition) is 7. The lowest BCUT2D eigenvalue weighted by atomic mass is 10.1. The number of rotatable bonds is 6. The molecule has 1 N–H and O–H groups in total. The largest absolute Gasteiger partial charge is 0.493 e. The second-order valence-electron chi connectivity index (χ2n) is 7.39. The van der Waals surface area contributed by atoms with Gasteiger partial charge >= 0.3 is 0 Å². The van der Waals surface area contributed by atoms with Crippen molar-refractivity contribution >= 4 is 17.5 Å². The maximum atomic E-state index is 13.1. The van der Waals surface area contributed by atoms with Gasteiger partial charge in [0.25, 0.3) is 11.8 Å². The van der Waals surface area contributed by atoms with Crippen molar-refractivity contribution in [3.05, 3.63) is 41.5 Å². The number of hydrogen-bond donors (Lipinski definition) is 1. The fraction of sp³-hybridized carbons (Fsp3) is 0.429. The predicted octanol–water partition coefficient (Wildman–Crippen LogP) is 1.83. The third kappa shape index (κ3) is 4.51. The first-order valence-electron chi connectivity index (χ1n) is 9.65. The van der Waals surface area contributed by atoms with Crippen LogP contribution in [0.15, 0.2) is 24.5 Å². The van der Waals surface area contributed by atoms with Crippen LogP contribution in [0.1, 0.15) is 33.0 Å². The molecular weight excluding hydrogens is 386 g/mol. The van der Waals surface area contributed by atoms with Gasteiger partial charge in [-0.05, 0) is 39.6 Å². The third-order valence-electron chi connectivity index (χ3n) is 5.20. The van der Waals surface area contributed by atoms with E-state index < -0.39 is 5.91 Å². The minimum Gasteiger partial charge on any atom is -0.493 e. The van der Waals surface area contributed by atoms with Crippen LogP contribution in [0.3, 0.4) is 0 Å². The Bertz CT molecular complexity index is 930. The molecule has 1 atom stereocenters. The smallest absolute Gasteiger partial charge is 0.258 e. The molecule has 1 aromatic carbocycles. The van der Waals surface area contributed by atoms with Crippen LogP contribution in [0, 0.1) is 6.92 Å². The standard InChI is InChI=1S/C21H27N5O4/c1-13-22-10-15(11-23-13)20(27)24-17-8-14(9-18(29-4)19(17)30-5)21(28)26-7-6-16(12-26)25(2)3/h8-11,16H,6-7,12H2,1-5H3,(H,24,27). The van der Waals surface area contributed by atoms with Crippen molar-refractivity contribution in [3.8, 4) is 11.5 Å². The first kappa shape index (κ1) is 21.5. The summed E-state index contributed by atoms with van der Waals surface area (Å²) in [6.07, 6.45) is 3.81. The quantitative estimate of drug-likeness (QED) is 0.772. The fourth-order valence-corrected chi connectivity index (χ4v) is 3.42. The van der Waals surface area contributed by atoms with Gasteiger partial charge in [-0.15, -0.1) is 0 Å². The molecule has 160 valence electrons. The summed E-state index contributed by atoms with van der Waals surface area (Å²) < 4.78 is 10.8. The molecule has 0 aliphatic carbocycles. The molecular formula is C21H27N5O4. The van der Waals surface area contributed by atoms with Crippen LogP contribution in [-0.2, 0) is 0 Å². The van der Waals surface area contributed by atoms with E-state index in [1.807, 2.05) is 19.0 Å². The number of aryl methyl sites for hydroxylation is 1. The zero-order valence-corrected chi connectivity index (χ0v) is 17.9. The Labute approximate surface area is 176 Å². The number of carbonyl (C=O) groups is 2. The lowest BCUT2D eigenvalue weighted by Gasteiger charge is -2.21. The lowest BCUT2D eigenvalue weighted by Crippen LogP contribution is -2.34. The van der Waals surface area contributed by atoms with Crippen molar-refractivity contribution in [1.82, 2.24) is 19.8 Å². The monoisotopic (exact) mass is 413 g/mol. The van der Waals surface area contributed by atoms with Crippen molar-refractivity contribution in [3.63, 3.8) is 0 Å². The topological polar surface area (TPSA) is 96.9 Å². The van der Waals surface area contributed by atoms with E-state index in [1.165, 1.54) is 26.6 Å². The molecule has 1 aliphatic rings. The SMILES string of the molecule is COc1cc(C(=O)N2CCC(N(C)C)C2)cc(NC(=O)c2cnc(C)nc2)c1OC. The third-order valence-corrected chi connectivity index (χ3v) is 5.20. The van der Waals surface area contributed by atoms with Crippen LogP contribution in [0.4, 0.5) is 5.69 Å². The minimum atomic E-state index is -0.409. The van der Waals surface area contributed by atoms with Gasteiger partial charge < -0.3 is 24.6 Å². The molecule has 3 rings (SSSR count). The lowest BCUT2D eigenvalue weighted by molar-refractivity contribution is 0.0782. The van der Waals surface area contributed by atoms with Crippen molar-refractivity contribution in [2.24, 2.45) is 0 Å². The average Bonchev–Trinajstić information content (AvgIpc) is 3.23. The molecule has 2 aromatic rings. The predicted molar refractivity (Wildman–Crippen MR) is 112 cm³/mol. The first-order chi connectivity index (χ1) is 14.3. The molecule has 9 nitrogen and oxygen atoms in total. The number of anilines is 1. The fourth-order valence-electron chi connectivity index (χ4n) is 3.42. The molecule has 0 bridgehead atoms. The van der Waals surface area contributed by atoms with E-state index in [1.54, 1.807) is 19.1 Å². The summed E-state index contributed by atoms with van der Waals surface area (Å²) in [5.74, 6) is 0.744. The Balaban J connectivity index is 1.90. The number of aromatic nitrogens is 2. The number of nitrogens with one attached hydrogen (secondary N) is 1. The highest BCUT2D eigenvalue weighted by Gasteiger charge is 2.29. The number of likely N-dealkylation sites (N-methyl/N-ethyl adjacent to an activating group) is 1. The highest BCUT2D eigenvalue weighted by atomic mass is 16.5. The van der Waals surface area contributed by atoms with E-state index in [9.17, 15) is 9.59 Å². The highest BCUT2D eigenvalue weighted by molar-refractivity contribution is 6.06. The molecule has 0 radical (unpaired) electrons. The summed E-state index contributed by atoms with van der Waals surface area (Å²) in [6.45, 7) is 3.07. The first-order valence-corrected chi connectivity index (χ1v) is 9.65. The van der Waals surface area contributed by atoms with E-state index in [4.69, 9.17) is 9.47 Å². The zero-order valence-electron chi connectivity index (χ0n) is 17.9. The molecule has 1 aromatic heterocycles. The number of benzene rings is 1. The van der Waals surface area contributed by atoms with Gasteiger partial charge in [-0.3, -0.25) is 9.59 Å². The van der Waals surface area contributed by atoms with Gasteiger partial charge in [-0.2, -0.15) is 0 Å². The molecule has 30 heavy (non-hydrogen) atoms. The summed E-state index contributed by atoms with van der Waals surface area (Å²) in [5, 5.41) is 2.78. The summed E-state index contributed by atoms with van der Waals surface area (Å²) in [6, 6.07) is 3.57. The van der Waals surface area contributed by atoms with Gasteiger partial charge in [0.2, 0.25) is 0 Å². The maximum absolute atomic E-state index is 13.1. The molecule has 2 amide bonds. The number of methoxy groups -OCH3 is 2. The van der Waals surface area contributed by atoms with Crippen LogP contribution < -0.4 is 14.8 Å².